The second-order valence-corrected chi connectivity index (χ2v) is 8.58. The van der Waals surface area contributed by atoms with Crippen LogP contribution in [0.5, 0.6) is 5.75 Å². The second-order valence-electron chi connectivity index (χ2n) is 8.58. The van der Waals surface area contributed by atoms with Crippen molar-refractivity contribution in [3.8, 4) is 5.75 Å². The zero-order valence-corrected chi connectivity index (χ0v) is 17.8. The Morgan fingerprint density at radius 1 is 1.06 bits per heavy atom. The van der Waals surface area contributed by atoms with E-state index in [-0.39, 0.29) is 23.9 Å². The number of amides is 2. The first-order valence-corrected chi connectivity index (χ1v) is 11.0. The van der Waals surface area contributed by atoms with Crippen LogP contribution in [-0.4, -0.2) is 68.3 Å². The summed E-state index contributed by atoms with van der Waals surface area (Å²) in [6.45, 7) is 4.36. The molecule has 5 rings (SSSR count). The summed E-state index contributed by atoms with van der Waals surface area (Å²) in [5.41, 5.74) is 1.15. The number of ether oxygens (including phenoxy) is 2. The van der Waals surface area contributed by atoms with Crippen molar-refractivity contribution < 1.29 is 23.5 Å². The van der Waals surface area contributed by atoms with Gasteiger partial charge in [-0.2, -0.15) is 0 Å². The summed E-state index contributed by atoms with van der Waals surface area (Å²) in [6.07, 6.45) is 1.45. The van der Waals surface area contributed by atoms with Crippen molar-refractivity contribution in [2.75, 3.05) is 50.8 Å². The number of carbonyl (C=O) groups is 2. The molecule has 8 heteroatoms. The van der Waals surface area contributed by atoms with Gasteiger partial charge in [-0.05, 0) is 55.3 Å². The minimum absolute atomic E-state index is 0.0592. The Labute approximate surface area is 186 Å². The summed E-state index contributed by atoms with van der Waals surface area (Å²) < 4.78 is 25.3. The highest BCUT2D eigenvalue weighted by atomic mass is 19.1. The molecule has 0 radical (unpaired) electrons. The third kappa shape index (κ3) is 4.02. The molecular formula is C24H26FN3O4. The molecule has 0 aliphatic carbocycles. The van der Waals surface area contributed by atoms with Gasteiger partial charge < -0.3 is 24.6 Å². The van der Waals surface area contributed by atoms with Crippen LogP contribution in [0.1, 0.15) is 33.6 Å². The van der Waals surface area contributed by atoms with Gasteiger partial charge in [0.1, 0.15) is 17.2 Å². The van der Waals surface area contributed by atoms with Gasteiger partial charge >= 0.3 is 0 Å². The Kier molecular flexibility index (Phi) is 5.46. The second kappa shape index (κ2) is 8.43. The number of fused-ring (bicyclic) bond motifs is 1. The Morgan fingerprint density at radius 2 is 1.84 bits per heavy atom. The number of nitrogens with zero attached hydrogens (tertiary/aromatic N) is 2. The third-order valence-corrected chi connectivity index (χ3v) is 6.40. The van der Waals surface area contributed by atoms with E-state index in [9.17, 15) is 14.0 Å². The number of hydrogen-bond donors (Lipinski definition) is 1. The van der Waals surface area contributed by atoms with Gasteiger partial charge in [-0.15, -0.1) is 0 Å². The summed E-state index contributed by atoms with van der Waals surface area (Å²) in [5.74, 6) is -0.556. The van der Waals surface area contributed by atoms with Gasteiger partial charge in [0.05, 0.1) is 31.9 Å². The fourth-order valence-electron chi connectivity index (χ4n) is 4.69. The molecule has 2 fully saturated rings. The van der Waals surface area contributed by atoms with Crippen LogP contribution in [0.3, 0.4) is 0 Å². The minimum atomic E-state index is -0.736. The lowest BCUT2D eigenvalue weighted by Gasteiger charge is -2.42. The van der Waals surface area contributed by atoms with Crippen LogP contribution >= 0.6 is 0 Å². The zero-order chi connectivity index (χ0) is 22.1. The molecule has 32 heavy (non-hydrogen) atoms. The van der Waals surface area contributed by atoms with Crippen molar-refractivity contribution in [1.82, 2.24) is 10.2 Å². The highest BCUT2D eigenvalue weighted by Gasteiger charge is 2.42. The first-order chi connectivity index (χ1) is 15.5. The normalized spacial score (nSPS) is 23.2. The number of halogens is 1. The molecular weight excluding hydrogens is 413 g/mol. The van der Waals surface area contributed by atoms with E-state index in [2.05, 4.69) is 10.2 Å². The van der Waals surface area contributed by atoms with Gasteiger partial charge in [0.25, 0.3) is 11.8 Å². The summed E-state index contributed by atoms with van der Waals surface area (Å²) in [4.78, 5) is 29.7. The lowest BCUT2D eigenvalue weighted by molar-refractivity contribution is -0.000886. The predicted octanol–water partition coefficient (Wildman–Crippen LogP) is 2.46. The van der Waals surface area contributed by atoms with Crippen LogP contribution in [0.25, 0.3) is 0 Å². The van der Waals surface area contributed by atoms with Crippen LogP contribution < -0.4 is 15.0 Å². The van der Waals surface area contributed by atoms with Crippen LogP contribution in [0.2, 0.25) is 0 Å². The molecule has 2 amide bonds. The number of piperidine rings is 1. The summed E-state index contributed by atoms with van der Waals surface area (Å²) in [5, 5.41) is 2.85. The van der Waals surface area contributed by atoms with Crippen LogP contribution in [-0.2, 0) is 4.74 Å². The molecule has 0 aromatic heterocycles. The molecule has 168 valence electrons. The van der Waals surface area contributed by atoms with E-state index in [0.717, 1.165) is 25.2 Å². The first kappa shape index (κ1) is 20.8. The minimum Gasteiger partial charge on any atom is -0.483 e. The van der Waals surface area contributed by atoms with Gasteiger partial charge in [0, 0.05) is 30.9 Å². The van der Waals surface area contributed by atoms with E-state index in [1.54, 1.807) is 4.90 Å². The Balaban J connectivity index is 1.32. The molecule has 0 saturated carbocycles. The zero-order valence-electron chi connectivity index (χ0n) is 17.8. The molecule has 3 aliphatic rings. The number of hydrogen-bond acceptors (Lipinski definition) is 5. The lowest BCUT2D eigenvalue weighted by Crippen LogP contribution is -2.57. The molecule has 0 unspecified atom stereocenters. The highest BCUT2D eigenvalue weighted by molar-refractivity contribution is 5.97. The number of morpholine rings is 1. The van der Waals surface area contributed by atoms with E-state index >= 15 is 0 Å². The Hall–Kier alpha value is -3.13. The average molecular weight is 439 g/mol. The maximum atomic E-state index is 13.6. The van der Waals surface area contributed by atoms with Crippen LogP contribution in [0, 0.1) is 5.82 Å². The largest absolute Gasteiger partial charge is 0.483 e. The topological polar surface area (TPSA) is 71.1 Å². The number of benzene rings is 2. The molecule has 1 atom stereocenters. The maximum Gasteiger partial charge on any atom is 0.255 e. The van der Waals surface area contributed by atoms with E-state index in [1.165, 1.54) is 18.2 Å². The van der Waals surface area contributed by atoms with Crippen molar-refractivity contribution in [3.63, 3.8) is 0 Å². The Bertz CT molecular complexity index is 1020. The lowest BCUT2D eigenvalue weighted by atomic mass is 9.91. The van der Waals surface area contributed by atoms with Gasteiger partial charge in [0.15, 0.2) is 0 Å². The maximum absolute atomic E-state index is 13.6. The van der Waals surface area contributed by atoms with Crippen molar-refractivity contribution >= 4 is 17.5 Å². The van der Waals surface area contributed by atoms with Gasteiger partial charge in [-0.25, -0.2) is 4.39 Å². The van der Waals surface area contributed by atoms with Gasteiger partial charge in [0.2, 0.25) is 0 Å². The molecule has 7 nitrogen and oxygen atoms in total. The number of likely N-dealkylation sites (tertiary alicyclic amines) is 1. The van der Waals surface area contributed by atoms with E-state index in [0.29, 0.717) is 44.0 Å². The predicted molar refractivity (Wildman–Crippen MR) is 117 cm³/mol. The molecule has 0 bridgehead atoms. The van der Waals surface area contributed by atoms with E-state index in [4.69, 9.17) is 9.47 Å². The van der Waals surface area contributed by atoms with Crippen LogP contribution in [0.4, 0.5) is 10.1 Å². The fraction of sp³-hybridized carbons (Fsp3) is 0.417. The average Bonchev–Trinajstić information content (AvgIpc) is 2.96. The summed E-state index contributed by atoms with van der Waals surface area (Å²) >= 11 is 0. The first-order valence-electron chi connectivity index (χ1n) is 11.0. The standard InChI is InChI=1S/C24H26FN3O4/c25-18-4-7-21-20(14-18)22(29)26-15-24(32-21)8-1-9-28(16-24)23(30)17-2-5-19(6-3-17)27-10-12-31-13-11-27/h2-7,14H,1,8-13,15-16H2,(H,26,29)/t24-/m0/s1. The van der Waals surface area contributed by atoms with E-state index < -0.39 is 11.4 Å². The van der Waals surface area contributed by atoms with Crippen LogP contribution in [0.15, 0.2) is 42.5 Å². The third-order valence-electron chi connectivity index (χ3n) is 6.40. The molecule has 2 aromatic rings. The number of rotatable bonds is 2. The summed E-state index contributed by atoms with van der Waals surface area (Å²) in [7, 11) is 0. The molecule has 1 N–H and O–H groups in total. The highest BCUT2D eigenvalue weighted by Crippen LogP contribution is 2.33. The Morgan fingerprint density at radius 3 is 2.62 bits per heavy atom. The molecule has 3 heterocycles. The quantitative estimate of drug-likeness (QED) is 0.779. The van der Waals surface area contributed by atoms with Crippen molar-refractivity contribution in [2.45, 2.75) is 18.4 Å². The number of anilines is 1. The molecule has 3 aliphatic heterocycles. The number of carbonyl (C=O) groups excluding carboxylic acids is 2. The molecule has 2 saturated heterocycles. The molecule has 2 aromatic carbocycles. The van der Waals surface area contributed by atoms with Gasteiger partial charge in [-0.1, -0.05) is 0 Å². The van der Waals surface area contributed by atoms with Crippen molar-refractivity contribution in [3.05, 3.63) is 59.4 Å². The SMILES string of the molecule is O=C1NC[C@]2(CCCN(C(=O)c3ccc(N4CCOCC4)cc3)C2)Oc2ccc(F)cc21. The monoisotopic (exact) mass is 439 g/mol. The summed E-state index contributed by atoms with van der Waals surface area (Å²) in [6, 6.07) is 11.6. The van der Waals surface area contributed by atoms with Gasteiger partial charge in [-0.3, -0.25) is 9.59 Å². The fourth-order valence-corrected chi connectivity index (χ4v) is 4.69. The van der Waals surface area contributed by atoms with Crippen molar-refractivity contribution in [1.29, 1.82) is 0 Å². The number of nitrogens with one attached hydrogen (secondary N) is 1. The molecule has 1 spiro atoms. The van der Waals surface area contributed by atoms with Crippen molar-refractivity contribution in [2.24, 2.45) is 0 Å². The van der Waals surface area contributed by atoms with E-state index in [1.807, 2.05) is 24.3 Å². The smallest absolute Gasteiger partial charge is 0.255 e.